The zero-order chi connectivity index (χ0) is 12.6. The third-order valence-electron chi connectivity index (χ3n) is 2.86. The molecule has 0 aliphatic rings. The van der Waals surface area contributed by atoms with Crippen molar-refractivity contribution in [3.8, 4) is 5.69 Å². The number of nitrogens with zero attached hydrogens (tertiary/aromatic N) is 2. The molecule has 1 aromatic heterocycles. The van der Waals surface area contributed by atoms with Gasteiger partial charge in [0.05, 0.1) is 17.7 Å². The second-order valence-electron chi connectivity index (χ2n) is 5.46. The lowest BCUT2D eigenvalue weighted by Crippen LogP contribution is -2.11. The van der Waals surface area contributed by atoms with Crippen LogP contribution in [0.3, 0.4) is 0 Å². The van der Waals surface area contributed by atoms with Crippen molar-refractivity contribution in [2.24, 2.45) is 0 Å². The predicted octanol–water partition coefficient (Wildman–Crippen LogP) is 3.06. The number of benzene rings is 1. The molecule has 3 heteroatoms. The van der Waals surface area contributed by atoms with Crippen LogP contribution in [-0.2, 0) is 5.41 Å². The van der Waals surface area contributed by atoms with Gasteiger partial charge in [0.1, 0.15) is 0 Å². The molecule has 1 aromatic carbocycles. The van der Waals surface area contributed by atoms with E-state index in [0.29, 0.717) is 0 Å². The van der Waals surface area contributed by atoms with E-state index in [1.165, 1.54) is 5.56 Å². The number of nitrogen functional groups attached to an aromatic ring is 1. The highest BCUT2D eigenvalue weighted by Gasteiger charge is 2.17. The SMILES string of the molecule is Cc1ccc(N)cc1-n1cnc(C(C)(C)C)c1. The minimum absolute atomic E-state index is 0.0689. The molecular weight excluding hydrogens is 210 g/mol. The van der Waals surface area contributed by atoms with Crippen molar-refractivity contribution in [1.29, 1.82) is 0 Å². The van der Waals surface area contributed by atoms with E-state index in [4.69, 9.17) is 5.73 Å². The predicted molar refractivity (Wildman–Crippen MR) is 71.4 cm³/mol. The van der Waals surface area contributed by atoms with Crippen LogP contribution in [0.25, 0.3) is 5.69 Å². The van der Waals surface area contributed by atoms with Gasteiger partial charge in [0, 0.05) is 17.3 Å². The van der Waals surface area contributed by atoms with Crippen LogP contribution >= 0.6 is 0 Å². The molecule has 0 saturated carbocycles. The normalized spacial score (nSPS) is 11.8. The first-order valence-corrected chi connectivity index (χ1v) is 5.79. The first kappa shape index (κ1) is 11.7. The molecule has 2 rings (SSSR count). The molecule has 3 nitrogen and oxygen atoms in total. The summed E-state index contributed by atoms with van der Waals surface area (Å²) in [6.07, 6.45) is 3.92. The van der Waals surface area contributed by atoms with E-state index in [1.54, 1.807) is 0 Å². The maximum atomic E-state index is 5.82. The van der Waals surface area contributed by atoms with Gasteiger partial charge in [-0.25, -0.2) is 4.98 Å². The van der Waals surface area contributed by atoms with E-state index in [9.17, 15) is 0 Å². The summed E-state index contributed by atoms with van der Waals surface area (Å²) in [7, 11) is 0. The van der Waals surface area contributed by atoms with Crippen molar-refractivity contribution in [3.63, 3.8) is 0 Å². The third-order valence-corrected chi connectivity index (χ3v) is 2.86. The summed E-state index contributed by atoms with van der Waals surface area (Å²) >= 11 is 0. The Morgan fingerprint density at radius 1 is 1.24 bits per heavy atom. The second kappa shape index (κ2) is 3.91. The molecule has 0 aliphatic carbocycles. The number of anilines is 1. The Bertz CT molecular complexity index is 533. The van der Waals surface area contributed by atoms with Crippen LogP contribution in [0, 0.1) is 6.92 Å². The number of nitrogens with two attached hydrogens (primary N) is 1. The Morgan fingerprint density at radius 2 is 1.94 bits per heavy atom. The molecule has 0 amide bonds. The van der Waals surface area contributed by atoms with E-state index >= 15 is 0 Å². The van der Waals surface area contributed by atoms with Crippen LogP contribution in [0.2, 0.25) is 0 Å². The van der Waals surface area contributed by atoms with Gasteiger partial charge in [0.15, 0.2) is 0 Å². The van der Waals surface area contributed by atoms with E-state index in [1.807, 2.05) is 29.1 Å². The topological polar surface area (TPSA) is 43.8 Å². The van der Waals surface area contributed by atoms with Crippen LogP contribution in [0.5, 0.6) is 0 Å². The minimum atomic E-state index is 0.0689. The van der Waals surface area contributed by atoms with Crippen LogP contribution < -0.4 is 5.73 Å². The summed E-state index contributed by atoms with van der Waals surface area (Å²) in [5.41, 5.74) is 10.0. The number of hydrogen-bond acceptors (Lipinski definition) is 2. The summed E-state index contributed by atoms with van der Waals surface area (Å²) in [4.78, 5) is 4.46. The Morgan fingerprint density at radius 3 is 2.53 bits per heavy atom. The van der Waals surface area contributed by atoms with Crippen molar-refractivity contribution in [3.05, 3.63) is 42.0 Å². The van der Waals surface area contributed by atoms with Crippen molar-refractivity contribution in [1.82, 2.24) is 9.55 Å². The fourth-order valence-corrected chi connectivity index (χ4v) is 1.75. The molecule has 0 unspecified atom stereocenters. The molecular formula is C14H19N3. The Kier molecular flexibility index (Phi) is 2.69. The number of imidazole rings is 1. The van der Waals surface area contributed by atoms with E-state index in [2.05, 4.69) is 38.9 Å². The Hall–Kier alpha value is -1.77. The maximum absolute atomic E-state index is 5.82. The highest BCUT2D eigenvalue weighted by molar-refractivity contribution is 5.52. The largest absolute Gasteiger partial charge is 0.399 e. The van der Waals surface area contributed by atoms with E-state index in [-0.39, 0.29) is 5.41 Å². The van der Waals surface area contributed by atoms with Gasteiger partial charge in [0.25, 0.3) is 0 Å². The van der Waals surface area contributed by atoms with Crippen LogP contribution in [0.15, 0.2) is 30.7 Å². The highest BCUT2D eigenvalue weighted by atomic mass is 15.0. The summed E-state index contributed by atoms with van der Waals surface area (Å²) in [5, 5.41) is 0. The molecule has 0 bridgehead atoms. The third kappa shape index (κ3) is 2.33. The molecule has 0 atom stereocenters. The number of aromatic nitrogens is 2. The van der Waals surface area contributed by atoms with Crippen LogP contribution in [0.4, 0.5) is 5.69 Å². The van der Waals surface area contributed by atoms with Gasteiger partial charge in [-0.2, -0.15) is 0 Å². The molecule has 2 aromatic rings. The van der Waals surface area contributed by atoms with E-state index in [0.717, 1.165) is 17.1 Å². The Balaban J connectivity index is 2.47. The molecule has 0 spiro atoms. The average Bonchev–Trinajstić information content (AvgIpc) is 2.70. The van der Waals surface area contributed by atoms with Crippen LogP contribution in [-0.4, -0.2) is 9.55 Å². The van der Waals surface area contributed by atoms with Crippen molar-refractivity contribution < 1.29 is 0 Å². The minimum Gasteiger partial charge on any atom is -0.399 e. The standard InChI is InChI=1S/C14H19N3/c1-10-5-6-11(15)7-12(10)17-8-13(16-9-17)14(2,3)4/h5-9H,15H2,1-4H3. The van der Waals surface area contributed by atoms with Crippen molar-refractivity contribution in [2.45, 2.75) is 33.1 Å². The molecule has 0 aliphatic heterocycles. The van der Waals surface area contributed by atoms with Gasteiger partial charge in [-0.05, 0) is 24.6 Å². The molecule has 2 N–H and O–H groups in total. The van der Waals surface area contributed by atoms with Crippen molar-refractivity contribution >= 4 is 5.69 Å². The molecule has 90 valence electrons. The highest BCUT2D eigenvalue weighted by Crippen LogP contribution is 2.23. The maximum Gasteiger partial charge on any atom is 0.0995 e. The smallest absolute Gasteiger partial charge is 0.0995 e. The molecule has 0 radical (unpaired) electrons. The summed E-state index contributed by atoms with van der Waals surface area (Å²) in [5.74, 6) is 0. The molecule has 17 heavy (non-hydrogen) atoms. The summed E-state index contributed by atoms with van der Waals surface area (Å²) < 4.78 is 2.03. The second-order valence-corrected chi connectivity index (χ2v) is 5.46. The quantitative estimate of drug-likeness (QED) is 0.764. The number of hydrogen-bond donors (Lipinski definition) is 1. The molecule has 1 heterocycles. The lowest BCUT2D eigenvalue weighted by Gasteiger charge is -2.14. The summed E-state index contributed by atoms with van der Waals surface area (Å²) in [6, 6.07) is 5.92. The van der Waals surface area contributed by atoms with Gasteiger partial charge in [-0.3, -0.25) is 0 Å². The van der Waals surface area contributed by atoms with E-state index < -0.39 is 0 Å². The number of aryl methyl sites for hydroxylation is 1. The fraction of sp³-hybridized carbons (Fsp3) is 0.357. The fourth-order valence-electron chi connectivity index (χ4n) is 1.75. The lowest BCUT2D eigenvalue weighted by atomic mass is 9.93. The molecule has 0 saturated heterocycles. The average molecular weight is 229 g/mol. The Labute approximate surface area is 102 Å². The van der Waals surface area contributed by atoms with Gasteiger partial charge in [0.2, 0.25) is 0 Å². The van der Waals surface area contributed by atoms with Gasteiger partial charge >= 0.3 is 0 Å². The van der Waals surface area contributed by atoms with Gasteiger partial charge in [-0.15, -0.1) is 0 Å². The zero-order valence-corrected chi connectivity index (χ0v) is 10.9. The molecule has 0 fully saturated rings. The first-order chi connectivity index (χ1) is 7.88. The monoisotopic (exact) mass is 229 g/mol. The lowest BCUT2D eigenvalue weighted by molar-refractivity contribution is 0.572. The first-order valence-electron chi connectivity index (χ1n) is 5.79. The zero-order valence-electron chi connectivity index (χ0n) is 10.9. The van der Waals surface area contributed by atoms with Crippen LogP contribution in [0.1, 0.15) is 32.0 Å². The van der Waals surface area contributed by atoms with Crippen molar-refractivity contribution in [2.75, 3.05) is 5.73 Å². The summed E-state index contributed by atoms with van der Waals surface area (Å²) in [6.45, 7) is 8.55. The number of rotatable bonds is 1. The van der Waals surface area contributed by atoms with Gasteiger partial charge < -0.3 is 10.3 Å². The van der Waals surface area contributed by atoms with Gasteiger partial charge in [-0.1, -0.05) is 26.8 Å².